The van der Waals surface area contributed by atoms with Crippen LogP contribution in [0.3, 0.4) is 0 Å². The van der Waals surface area contributed by atoms with E-state index in [1.165, 1.54) is 12.8 Å². The Balaban J connectivity index is 1.68. The van der Waals surface area contributed by atoms with Gasteiger partial charge in [-0.05, 0) is 45.1 Å². The molecule has 6 heteroatoms. The molecule has 1 N–H and O–H groups in total. The smallest absolute Gasteiger partial charge is 0.231 e. The van der Waals surface area contributed by atoms with Gasteiger partial charge in [-0.1, -0.05) is 6.92 Å². The van der Waals surface area contributed by atoms with E-state index >= 15 is 0 Å². The predicted molar refractivity (Wildman–Crippen MR) is 88.2 cm³/mol. The molecule has 1 saturated carbocycles. The standard InChI is InChI=1S/C17H23N5O/c1-4-14-7-8-18-17(19-14)20-16(23)9-15-11(2)21-22(12(15)3)10-13-5-6-13/h7-8,13H,4-6,9-10H2,1-3H3,(H,18,19,20,23). The van der Waals surface area contributed by atoms with Crippen molar-refractivity contribution < 1.29 is 4.79 Å². The van der Waals surface area contributed by atoms with Crippen molar-refractivity contribution in [2.75, 3.05) is 5.32 Å². The highest BCUT2D eigenvalue weighted by molar-refractivity contribution is 5.90. The minimum absolute atomic E-state index is 0.101. The molecule has 0 aromatic carbocycles. The molecule has 1 aliphatic rings. The van der Waals surface area contributed by atoms with E-state index in [1.54, 1.807) is 6.20 Å². The van der Waals surface area contributed by atoms with Gasteiger partial charge in [-0.3, -0.25) is 14.8 Å². The van der Waals surface area contributed by atoms with Gasteiger partial charge < -0.3 is 0 Å². The van der Waals surface area contributed by atoms with Crippen molar-refractivity contribution in [1.29, 1.82) is 0 Å². The first-order valence-corrected chi connectivity index (χ1v) is 8.21. The fraction of sp³-hybridized carbons (Fsp3) is 0.529. The molecule has 0 unspecified atom stereocenters. The average molecular weight is 313 g/mol. The van der Waals surface area contributed by atoms with Gasteiger partial charge in [-0.15, -0.1) is 0 Å². The van der Waals surface area contributed by atoms with E-state index in [1.807, 2.05) is 31.5 Å². The molecule has 0 radical (unpaired) electrons. The van der Waals surface area contributed by atoms with Crippen molar-refractivity contribution in [2.24, 2.45) is 5.92 Å². The zero-order chi connectivity index (χ0) is 16.4. The van der Waals surface area contributed by atoms with E-state index in [2.05, 4.69) is 20.4 Å². The summed E-state index contributed by atoms with van der Waals surface area (Å²) in [6.45, 7) is 7.00. The molecular weight excluding hydrogens is 290 g/mol. The minimum Gasteiger partial charge on any atom is -0.294 e. The third-order valence-electron chi connectivity index (χ3n) is 4.32. The first-order valence-electron chi connectivity index (χ1n) is 8.21. The maximum absolute atomic E-state index is 12.3. The molecule has 1 fully saturated rings. The number of carbonyl (C=O) groups is 1. The van der Waals surface area contributed by atoms with Crippen LogP contribution >= 0.6 is 0 Å². The summed E-state index contributed by atoms with van der Waals surface area (Å²) in [5.74, 6) is 1.03. The van der Waals surface area contributed by atoms with Gasteiger partial charge in [0.05, 0.1) is 12.1 Å². The Labute approximate surface area is 136 Å². The number of carbonyl (C=O) groups excluding carboxylic acids is 1. The van der Waals surface area contributed by atoms with Gasteiger partial charge in [0.2, 0.25) is 11.9 Å². The first kappa shape index (κ1) is 15.6. The van der Waals surface area contributed by atoms with E-state index in [0.29, 0.717) is 12.4 Å². The number of amides is 1. The Morgan fingerprint density at radius 2 is 2.17 bits per heavy atom. The van der Waals surface area contributed by atoms with E-state index < -0.39 is 0 Å². The molecule has 2 heterocycles. The topological polar surface area (TPSA) is 72.7 Å². The molecule has 6 nitrogen and oxygen atoms in total. The maximum atomic E-state index is 12.3. The average Bonchev–Trinajstić information content (AvgIpc) is 3.31. The predicted octanol–water partition coefficient (Wildman–Crippen LogP) is 2.44. The number of rotatable bonds is 6. The van der Waals surface area contributed by atoms with Gasteiger partial charge in [0, 0.05) is 29.7 Å². The van der Waals surface area contributed by atoms with Crippen LogP contribution in [0.5, 0.6) is 0 Å². The molecule has 0 aliphatic heterocycles. The molecule has 0 bridgehead atoms. The van der Waals surface area contributed by atoms with Crippen LogP contribution in [0.25, 0.3) is 0 Å². The van der Waals surface area contributed by atoms with Crippen molar-refractivity contribution in [3.63, 3.8) is 0 Å². The summed E-state index contributed by atoms with van der Waals surface area (Å²) in [6, 6.07) is 1.85. The van der Waals surface area contributed by atoms with E-state index in [0.717, 1.165) is 41.5 Å². The lowest BCUT2D eigenvalue weighted by Gasteiger charge is -2.06. The second-order valence-corrected chi connectivity index (χ2v) is 6.22. The van der Waals surface area contributed by atoms with Crippen LogP contribution in [-0.2, 0) is 24.2 Å². The summed E-state index contributed by atoms with van der Waals surface area (Å²) < 4.78 is 2.05. The van der Waals surface area contributed by atoms with E-state index in [4.69, 9.17) is 0 Å². The number of aromatic nitrogens is 4. The summed E-state index contributed by atoms with van der Waals surface area (Å²) in [6.07, 6.45) is 5.38. The molecule has 0 spiro atoms. The number of nitrogens with one attached hydrogen (secondary N) is 1. The molecule has 1 aliphatic carbocycles. The normalized spacial score (nSPS) is 14.0. The molecular formula is C17H23N5O. The largest absolute Gasteiger partial charge is 0.294 e. The Bertz CT molecular complexity index is 718. The van der Waals surface area contributed by atoms with Gasteiger partial charge in [-0.2, -0.15) is 5.10 Å². The molecule has 23 heavy (non-hydrogen) atoms. The maximum Gasteiger partial charge on any atom is 0.231 e. The summed E-state index contributed by atoms with van der Waals surface area (Å²) in [5.41, 5.74) is 3.95. The van der Waals surface area contributed by atoms with E-state index in [9.17, 15) is 4.79 Å². The van der Waals surface area contributed by atoms with Crippen molar-refractivity contribution >= 4 is 11.9 Å². The summed E-state index contributed by atoms with van der Waals surface area (Å²) >= 11 is 0. The molecule has 3 rings (SSSR count). The van der Waals surface area contributed by atoms with Gasteiger partial charge in [0.1, 0.15) is 0 Å². The van der Waals surface area contributed by atoms with Crippen LogP contribution in [0.2, 0.25) is 0 Å². The van der Waals surface area contributed by atoms with Crippen molar-refractivity contribution in [1.82, 2.24) is 19.7 Å². The second-order valence-electron chi connectivity index (χ2n) is 6.22. The third-order valence-corrected chi connectivity index (χ3v) is 4.32. The van der Waals surface area contributed by atoms with Crippen LogP contribution in [0.1, 0.15) is 42.4 Å². The van der Waals surface area contributed by atoms with E-state index in [-0.39, 0.29) is 5.91 Å². The summed E-state index contributed by atoms with van der Waals surface area (Å²) in [4.78, 5) is 20.7. The molecule has 122 valence electrons. The highest BCUT2D eigenvalue weighted by atomic mass is 16.1. The van der Waals surface area contributed by atoms with Crippen LogP contribution in [0, 0.1) is 19.8 Å². The van der Waals surface area contributed by atoms with Crippen LogP contribution < -0.4 is 5.32 Å². The van der Waals surface area contributed by atoms with Gasteiger partial charge in [0.25, 0.3) is 0 Å². The van der Waals surface area contributed by atoms with Crippen LogP contribution in [0.15, 0.2) is 12.3 Å². The fourth-order valence-corrected chi connectivity index (χ4v) is 2.70. The Hall–Kier alpha value is -2.24. The Morgan fingerprint density at radius 1 is 1.39 bits per heavy atom. The quantitative estimate of drug-likeness (QED) is 0.889. The number of aryl methyl sites for hydroxylation is 2. The Morgan fingerprint density at radius 3 is 2.87 bits per heavy atom. The number of nitrogens with zero attached hydrogens (tertiary/aromatic N) is 4. The van der Waals surface area contributed by atoms with Crippen molar-refractivity contribution in [3.8, 4) is 0 Å². The zero-order valence-electron chi connectivity index (χ0n) is 14.0. The monoisotopic (exact) mass is 313 g/mol. The Kier molecular flexibility index (Phi) is 4.41. The molecule has 0 atom stereocenters. The zero-order valence-corrected chi connectivity index (χ0v) is 14.0. The molecule has 0 saturated heterocycles. The van der Waals surface area contributed by atoms with Crippen molar-refractivity contribution in [2.45, 2.75) is 53.0 Å². The lowest BCUT2D eigenvalue weighted by atomic mass is 10.1. The minimum atomic E-state index is -0.101. The summed E-state index contributed by atoms with van der Waals surface area (Å²) in [7, 11) is 0. The number of hydrogen-bond acceptors (Lipinski definition) is 4. The second kappa shape index (κ2) is 6.48. The van der Waals surface area contributed by atoms with Crippen LogP contribution in [0.4, 0.5) is 5.95 Å². The van der Waals surface area contributed by atoms with Gasteiger partial charge >= 0.3 is 0 Å². The SMILES string of the molecule is CCc1ccnc(NC(=O)Cc2c(C)nn(CC3CC3)c2C)n1. The summed E-state index contributed by atoms with van der Waals surface area (Å²) in [5, 5.41) is 7.37. The van der Waals surface area contributed by atoms with Crippen LogP contribution in [-0.4, -0.2) is 25.7 Å². The molecule has 2 aromatic heterocycles. The highest BCUT2D eigenvalue weighted by Gasteiger charge is 2.24. The highest BCUT2D eigenvalue weighted by Crippen LogP contribution is 2.31. The van der Waals surface area contributed by atoms with Crippen molar-refractivity contribution in [3.05, 3.63) is 34.9 Å². The number of hydrogen-bond donors (Lipinski definition) is 1. The van der Waals surface area contributed by atoms with Gasteiger partial charge in [0.15, 0.2) is 0 Å². The lowest BCUT2D eigenvalue weighted by molar-refractivity contribution is -0.115. The van der Waals surface area contributed by atoms with Gasteiger partial charge in [-0.25, -0.2) is 9.97 Å². The third kappa shape index (κ3) is 3.75. The molecule has 1 amide bonds. The molecule has 2 aromatic rings. The first-order chi connectivity index (χ1) is 11.1. The lowest BCUT2D eigenvalue weighted by Crippen LogP contribution is -2.17. The number of anilines is 1. The fourth-order valence-electron chi connectivity index (χ4n) is 2.70.